The van der Waals surface area contributed by atoms with Crippen molar-refractivity contribution in [2.24, 2.45) is 0 Å². The molecule has 10 nitrogen and oxygen atoms in total. The molecule has 2 aromatic carbocycles. The first-order chi connectivity index (χ1) is 19.0. The topological polar surface area (TPSA) is 108 Å². The number of hydrogen-bond acceptors (Lipinski definition) is 8. The molecule has 4 aromatic rings. The molecule has 3 N–H and O–H groups in total. The molecule has 1 atom stereocenters. The molecule has 0 saturated carbocycles. The van der Waals surface area contributed by atoms with E-state index in [-0.39, 0.29) is 18.0 Å². The molecule has 1 fully saturated rings. The average Bonchev–Trinajstić information content (AvgIpc) is 3.15. The van der Waals surface area contributed by atoms with Crippen LogP contribution >= 0.6 is 11.3 Å². The molecule has 0 aliphatic carbocycles. The first-order valence-corrected chi connectivity index (χ1v) is 13.5. The minimum atomic E-state index is -0.346. The van der Waals surface area contributed by atoms with Gasteiger partial charge in [0.2, 0.25) is 0 Å². The molecule has 4 heterocycles. The number of benzene rings is 2. The number of thiophene rings is 1. The van der Waals surface area contributed by atoms with Crippen LogP contribution in [0.25, 0.3) is 10.2 Å². The average molecular weight is 545 g/mol. The molecule has 6 rings (SSSR count). The number of carbonyl (C=O) groups is 2. The Bertz CT molecular complexity index is 1540. The number of ether oxygens (including phenoxy) is 2. The zero-order chi connectivity index (χ0) is 26.9. The van der Waals surface area contributed by atoms with Crippen molar-refractivity contribution in [3.8, 4) is 11.5 Å². The largest absolute Gasteiger partial charge is 0.457 e. The van der Waals surface area contributed by atoms with E-state index < -0.39 is 0 Å². The summed E-state index contributed by atoms with van der Waals surface area (Å²) in [5, 5.41) is 8.78. The molecule has 3 amide bonds. The predicted octanol–water partition coefficient (Wildman–Crippen LogP) is 4.65. The van der Waals surface area contributed by atoms with Gasteiger partial charge in [0.25, 0.3) is 5.91 Å². The fourth-order valence-corrected chi connectivity index (χ4v) is 5.92. The van der Waals surface area contributed by atoms with Gasteiger partial charge in [-0.3, -0.25) is 15.1 Å². The summed E-state index contributed by atoms with van der Waals surface area (Å²) in [4.78, 5) is 34.1. The van der Waals surface area contributed by atoms with Crippen molar-refractivity contribution in [3.05, 3.63) is 71.2 Å². The van der Waals surface area contributed by atoms with Gasteiger partial charge in [-0.15, -0.1) is 11.3 Å². The molecule has 1 unspecified atom stereocenters. The van der Waals surface area contributed by atoms with E-state index in [1.54, 1.807) is 17.2 Å². The van der Waals surface area contributed by atoms with Gasteiger partial charge < -0.3 is 20.1 Å². The first kappa shape index (κ1) is 25.3. The van der Waals surface area contributed by atoms with Crippen molar-refractivity contribution >= 4 is 50.6 Å². The van der Waals surface area contributed by atoms with Crippen LogP contribution in [0, 0.1) is 6.92 Å². The number of pyridine rings is 1. The summed E-state index contributed by atoms with van der Waals surface area (Å²) < 4.78 is 11.6. The number of hydrazine groups is 1. The summed E-state index contributed by atoms with van der Waals surface area (Å²) in [5.41, 5.74) is 5.85. The Kier molecular flexibility index (Phi) is 6.88. The Morgan fingerprint density at radius 3 is 2.79 bits per heavy atom. The smallest absolute Gasteiger partial charge is 0.331 e. The molecule has 1 saturated heterocycles. The lowest BCUT2D eigenvalue weighted by atomic mass is 10.1. The van der Waals surface area contributed by atoms with Gasteiger partial charge in [-0.25, -0.2) is 14.8 Å². The van der Waals surface area contributed by atoms with Crippen LogP contribution in [0.3, 0.4) is 0 Å². The Labute approximate surface area is 229 Å². The predicted molar refractivity (Wildman–Crippen MR) is 151 cm³/mol. The van der Waals surface area contributed by atoms with Crippen LogP contribution in [0.15, 0.2) is 60.8 Å². The quantitative estimate of drug-likeness (QED) is 0.324. The lowest BCUT2D eigenvalue weighted by molar-refractivity contribution is 0.0887. The molecule has 2 aromatic heterocycles. The molecule has 39 heavy (non-hydrogen) atoms. The summed E-state index contributed by atoms with van der Waals surface area (Å²) in [6, 6.07) is 16.4. The van der Waals surface area contributed by atoms with E-state index in [1.807, 2.05) is 67.5 Å². The third-order valence-corrected chi connectivity index (χ3v) is 7.85. The number of nitrogens with zero attached hydrogens (tertiary/aromatic N) is 3. The lowest BCUT2D eigenvalue weighted by Crippen LogP contribution is -2.48. The van der Waals surface area contributed by atoms with Gasteiger partial charge in [0.05, 0.1) is 41.7 Å². The summed E-state index contributed by atoms with van der Waals surface area (Å²) in [6.45, 7) is 4.27. The van der Waals surface area contributed by atoms with Crippen molar-refractivity contribution in [2.75, 3.05) is 43.6 Å². The van der Waals surface area contributed by atoms with Gasteiger partial charge in [-0.2, -0.15) is 0 Å². The van der Waals surface area contributed by atoms with Crippen molar-refractivity contribution < 1.29 is 19.1 Å². The molecule has 200 valence electrons. The summed E-state index contributed by atoms with van der Waals surface area (Å²) in [6.07, 6.45) is 1.66. The number of amides is 3. The van der Waals surface area contributed by atoms with Crippen LogP contribution in [0.4, 0.5) is 21.9 Å². The molecule has 0 spiro atoms. The molecule has 0 bridgehead atoms. The van der Waals surface area contributed by atoms with E-state index in [0.29, 0.717) is 52.3 Å². The monoisotopic (exact) mass is 544 g/mol. The third kappa shape index (κ3) is 4.92. The molecule has 2 aliphatic rings. The highest BCUT2D eigenvalue weighted by molar-refractivity contribution is 7.21. The van der Waals surface area contributed by atoms with Gasteiger partial charge in [0, 0.05) is 19.3 Å². The Morgan fingerprint density at radius 2 is 2.00 bits per heavy atom. The van der Waals surface area contributed by atoms with Crippen molar-refractivity contribution in [1.29, 1.82) is 0 Å². The fraction of sp³-hybridized carbons (Fsp3) is 0.250. The number of urea groups is 1. The second-order valence-corrected chi connectivity index (χ2v) is 10.4. The maximum atomic E-state index is 13.5. The van der Waals surface area contributed by atoms with E-state index in [2.05, 4.69) is 21.0 Å². The molecular weight excluding hydrogens is 516 g/mol. The minimum absolute atomic E-state index is 0.202. The summed E-state index contributed by atoms with van der Waals surface area (Å²) >= 11 is 1.26. The second-order valence-electron chi connectivity index (χ2n) is 9.36. The van der Waals surface area contributed by atoms with E-state index in [0.717, 1.165) is 23.2 Å². The Morgan fingerprint density at radius 1 is 1.15 bits per heavy atom. The highest BCUT2D eigenvalue weighted by Crippen LogP contribution is 2.46. The zero-order valence-electron chi connectivity index (χ0n) is 21.6. The first-order valence-electron chi connectivity index (χ1n) is 12.7. The normalized spacial score (nSPS) is 17.5. The summed E-state index contributed by atoms with van der Waals surface area (Å²) in [5.74, 6) is 1.14. The number of anilines is 3. The van der Waals surface area contributed by atoms with E-state index in [4.69, 9.17) is 9.47 Å². The molecule has 0 radical (unpaired) electrons. The van der Waals surface area contributed by atoms with Crippen LogP contribution in [-0.2, 0) is 4.74 Å². The van der Waals surface area contributed by atoms with E-state index >= 15 is 0 Å². The van der Waals surface area contributed by atoms with Gasteiger partial charge in [0.1, 0.15) is 21.2 Å². The molecule has 11 heteroatoms. The Balaban J connectivity index is 1.31. The second kappa shape index (κ2) is 10.6. The van der Waals surface area contributed by atoms with Gasteiger partial charge in [0.15, 0.2) is 0 Å². The van der Waals surface area contributed by atoms with Gasteiger partial charge in [-0.1, -0.05) is 18.2 Å². The standard InChI is InChI=1S/C28H28N6O4S/c1-17-14-20(38-19-6-4-3-5-7-19)8-9-21(17)34-22-10-11-30-27-23(22)24(32-28(34)36)25(39-27)26(35)31-18-15-33(29-2)12-13-37-16-18/h3-11,14,18,29H,12-13,15-16H2,1-2H3,(H,31,35)(H,32,36). The van der Waals surface area contributed by atoms with Crippen molar-refractivity contribution in [1.82, 2.24) is 20.7 Å². The van der Waals surface area contributed by atoms with Crippen LogP contribution in [0.2, 0.25) is 0 Å². The Hall–Kier alpha value is -4.03. The summed E-state index contributed by atoms with van der Waals surface area (Å²) in [7, 11) is 1.85. The maximum absolute atomic E-state index is 13.5. The number of carbonyl (C=O) groups excluding carboxylic acids is 2. The van der Waals surface area contributed by atoms with Crippen LogP contribution in [0.5, 0.6) is 11.5 Å². The minimum Gasteiger partial charge on any atom is -0.457 e. The zero-order valence-corrected chi connectivity index (χ0v) is 22.4. The fourth-order valence-electron chi connectivity index (χ4n) is 4.90. The number of aryl methyl sites for hydroxylation is 1. The number of nitrogens with one attached hydrogen (secondary N) is 3. The van der Waals surface area contributed by atoms with Crippen LogP contribution in [0.1, 0.15) is 15.2 Å². The van der Waals surface area contributed by atoms with E-state index in [9.17, 15) is 9.59 Å². The lowest BCUT2D eigenvalue weighted by Gasteiger charge is -2.29. The highest BCUT2D eigenvalue weighted by atomic mass is 32.1. The highest BCUT2D eigenvalue weighted by Gasteiger charge is 2.34. The van der Waals surface area contributed by atoms with Crippen LogP contribution < -0.4 is 25.7 Å². The molecule has 2 aliphatic heterocycles. The van der Waals surface area contributed by atoms with Crippen molar-refractivity contribution in [2.45, 2.75) is 13.0 Å². The maximum Gasteiger partial charge on any atom is 0.331 e. The van der Waals surface area contributed by atoms with Gasteiger partial charge >= 0.3 is 6.03 Å². The van der Waals surface area contributed by atoms with Gasteiger partial charge in [-0.05, 0) is 55.9 Å². The van der Waals surface area contributed by atoms with Crippen molar-refractivity contribution in [3.63, 3.8) is 0 Å². The molecular formula is C28H28N6O4S. The SMILES string of the molecule is CNN1CCOCC(NC(=O)c2sc3nccc4c3c2NC(=O)N4c2ccc(Oc3ccccc3)cc2C)C1. The van der Waals surface area contributed by atoms with Crippen LogP contribution in [-0.4, -0.2) is 61.3 Å². The number of aromatic nitrogens is 1. The van der Waals surface area contributed by atoms with E-state index in [1.165, 1.54) is 11.3 Å². The number of rotatable bonds is 6. The number of hydrogen-bond donors (Lipinski definition) is 3. The number of para-hydroxylation sites is 1. The third-order valence-electron chi connectivity index (χ3n) is 6.76.